The molecule has 0 unspecified atom stereocenters. The van der Waals surface area contributed by atoms with E-state index >= 15 is 0 Å². The molecule has 3 aromatic rings. The summed E-state index contributed by atoms with van der Waals surface area (Å²) in [6.45, 7) is 7.77. The maximum absolute atomic E-state index is 12.6. The predicted molar refractivity (Wildman–Crippen MR) is 110 cm³/mol. The molecular formula is C21H19N3O3S. The molecule has 1 aromatic carbocycles. The van der Waals surface area contributed by atoms with Crippen molar-refractivity contribution in [2.24, 2.45) is 4.99 Å². The minimum atomic E-state index is -0.464. The molecule has 4 rings (SSSR count). The van der Waals surface area contributed by atoms with Crippen molar-refractivity contribution in [1.29, 1.82) is 0 Å². The lowest BCUT2D eigenvalue weighted by atomic mass is 10.1. The van der Waals surface area contributed by atoms with Crippen LogP contribution >= 0.6 is 11.3 Å². The zero-order valence-corrected chi connectivity index (χ0v) is 17.1. The second kappa shape index (κ2) is 6.83. The standard InChI is InChI=1S/C21H19N3O3S/c1-10-16-12(3)22-13(4)23-20(16)28-18(10)11(2)17-21(25)27-19(24-17)14-8-6-7-9-15(14)26-5/h6-9H,1-5H3/b17-11-. The largest absolute Gasteiger partial charge is 0.496 e. The van der Waals surface area contributed by atoms with Gasteiger partial charge in [0.25, 0.3) is 0 Å². The highest BCUT2D eigenvalue weighted by molar-refractivity contribution is 7.19. The van der Waals surface area contributed by atoms with Crippen molar-refractivity contribution in [3.05, 3.63) is 57.5 Å². The lowest BCUT2D eigenvalue weighted by Gasteiger charge is -2.05. The summed E-state index contributed by atoms with van der Waals surface area (Å²) in [5, 5.41) is 1.03. The quantitative estimate of drug-likeness (QED) is 0.488. The van der Waals surface area contributed by atoms with Crippen LogP contribution in [0, 0.1) is 20.8 Å². The van der Waals surface area contributed by atoms with Crippen LogP contribution in [-0.4, -0.2) is 28.9 Å². The average molecular weight is 393 g/mol. The molecule has 2 aromatic heterocycles. The predicted octanol–water partition coefficient (Wildman–Crippen LogP) is 4.36. The molecule has 28 heavy (non-hydrogen) atoms. The normalized spacial score (nSPS) is 15.6. The minimum absolute atomic E-state index is 0.252. The van der Waals surface area contributed by atoms with Crippen LogP contribution in [-0.2, 0) is 9.53 Å². The van der Waals surface area contributed by atoms with E-state index in [1.54, 1.807) is 24.5 Å². The van der Waals surface area contributed by atoms with E-state index in [0.717, 1.165) is 37.7 Å². The zero-order valence-electron chi connectivity index (χ0n) is 16.3. The molecule has 0 amide bonds. The Balaban J connectivity index is 1.86. The number of rotatable bonds is 3. The van der Waals surface area contributed by atoms with Crippen LogP contribution in [0.4, 0.5) is 0 Å². The molecule has 6 nitrogen and oxygen atoms in total. The number of hydrogen-bond acceptors (Lipinski definition) is 7. The number of nitrogens with zero attached hydrogens (tertiary/aromatic N) is 3. The maximum Gasteiger partial charge on any atom is 0.364 e. The van der Waals surface area contributed by atoms with Gasteiger partial charge in [-0.1, -0.05) is 12.1 Å². The first-order chi connectivity index (χ1) is 13.4. The van der Waals surface area contributed by atoms with Gasteiger partial charge in [0.15, 0.2) is 5.70 Å². The molecule has 7 heteroatoms. The molecule has 0 aliphatic carbocycles. The van der Waals surface area contributed by atoms with Crippen molar-refractivity contribution < 1.29 is 14.3 Å². The Morgan fingerprint density at radius 3 is 2.64 bits per heavy atom. The fraction of sp³-hybridized carbons (Fsp3) is 0.238. The second-order valence-electron chi connectivity index (χ2n) is 6.57. The van der Waals surface area contributed by atoms with Gasteiger partial charge in [0, 0.05) is 16.0 Å². The number of thiophene rings is 1. The van der Waals surface area contributed by atoms with E-state index in [9.17, 15) is 4.79 Å². The van der Waals surface area contributed by atoms with Crippen LogP contribution in [0.2, 0.25) is 0 Å². The molecule has 1 aliphatic rings. The number of hydrogen-bond donors (Lipinski definition) is 0. The van der Waals surface area contributed by atoms with E-state index in [1.807, 2.05) is 45.9 Å². The summed E-state index contributed by atoms with van der Waals surface area (Å²) in [6.07, 6.45) is 0. The van der Waals surface area contributed by atoms with Gasteiger partial charge in [0.05, 0.1) is 12.7 Å². The molecule has 0 radical (unpaired) electrons. The van der Waals surface area contributed by atoms with E-state index in [2.05, 4.69) is 15.0 Å². The molecule has 0 saturated heterocycles. The maximum atomic E-state index is 12.6. The van der Waals surface area contributed by atoms with Crippen molar-refractivity contribution in [1.82, 2.24) is 9.97 Å². The number of cyclic esters (lactones) is 1. The van der Waals surface area contributed by atoms with E-state index in [-0.39, 0.29) is 5.90 Å². The van der Waals surface area contributed by atoms with Crippen molar-refractivity contribution in [2.45, 2.75) is 27.7 Å². The third kappa shape index (κ3) is 2.88. The highest BCUT2D eigenvalue weighted by Crippen LogP contribution is 2.38. The van der Waals surface area contributed by atoms with Crippen LogP contribution in [0.5, 0.6) is 5.75 Å². The molecule has 0 bridgehead atoms. The van der Waals surface area contributed by atoms with Gasteiger partial charge in [0.2, 0.25) is 5.90 Å². The molecule has 0 atom stereocenters. The first kappa shape index (κ1) is 18.3. The Kier molecular flexibility index (Phi) is 4.47. The smallest absolute Gasteiger partial charge is 0.364 e. The second-order valence-corrected chi connectivity index (χ2v) is 7.57. The Morgan fingerprint density at radius 1 is 1.14 bits per heavy atom. The van der Waals surface area contributed by atoms with Crippen LogP contribution < -0.4 is 4.74 Å². The molecular weight excluding hydrogens is 374 g/mol. The number of aliphatic imine (C=N–C) groups is 1. The molecule has 0 spiro atoms. The molecule has 0 saturated carbocycles. The fourth-order valence-corrected chi connectivity index (χ4v) is 4.70. The van der Waals surface area contributed by atoms with Gasteiger partial charge in [0.1, 0.15) is 16.4 Å². The van der Waals surface area contributed by atoms with Crippen LogP contribution in [0.15, 0.2) is 35.0 Å². The van der Waals surface area contributed by atoms with Crippen molar-refractivity contribution in [3.63, 3.8) is 0 Å². The number of para-hydroxylation sites is 1. The third-order valence-electron chi connectivity index (χ3n) is 4.71. The lowest BCUT2D eigenvalue weighted by Crippen LogP contribution is -2.07. The number of aromatic nitrogens is 2. The number of esters is 1. The number of allylic oxidation sites excluding steroid dienone is 1. The van der Waals surface area contributed by atoms with E-state index in [0.29, 0.717) is 17.0 Å². The molecule has 0 N–H and O–H groups in total. The highest BCUT2D eigenvalue weighted by atomic mass is 32.1. The first-order valence-electron chi connectivity index (χ1n) is 8.80. The number of aryl methyl sites for hydroxylation is 3. The number of benzene rings is 1. The Bertz CT molecular complexity index is 1190. The Hall–Kier alpha value is -3.06. The van der Waals surface area contributed by atoms with E-state index in [1.165, 1.54) is 0 Å². The number of carbonyl (C=O) groups excluding carboxylic acids is 1. The summed E-state index contributed by atoms with van der Waals surface area (Å²) >= 11 is 1.54. The Morgan fingerprint density at radius 2 is 1.89 bits per heavy atom. The van der Waals surface area contributed by atoms with Gasteiger partial charge in [-0.05, 0) is 51.0 Å². The topological polar surface area (TPSA) is 73.7 Å². The molecule has 142 valence electrons. The van der Waals surface area contributed by atoms with Crippen molar-refractivity contribution in [2.75, 3.05) is 7.11 Å². The number of methoxy groups -OCH3 is 1. The highest BCUT2D eigenvalue weighted by Gasteiger charge is 2.29. The summed E-state index contributed by atoms with van der Waals surface area (Å²) < 4.78 is 10.8. The first-order valence-corrected chi connectivity index (χ1v) is 9.62. The molecule has 0 fully saturated rings. The van der Waals surface area contributed by atoms with Crippen molar-refractivity contribution in [3.8, 4) is 5.75 Å². The molecule has 3 heterocycles. The van der Waals surface area contributed by atoms with Gasteiger partial charge in [-0.2, -0.15) is 0 Å². The SMILES string of the molecule is COc1ccccc1C1=N/C(=C(/C)c2sc3nc(C)nc(C)c3c2C)C(=O)O1. The van der Waals surface area contributed by atoms with Crippen LogP contribution in [0.1, 0.15) is 34.4 Å². The van der Waals surface area contributed by atoms with Gasteiger partial charge < -0.3 is 9.47 Å². The van der Waals surface area contributed by atoms with E-state index < -0.39 is 5.97 Å². The minimum Gasteiger partial charge on any atom is -0.496 e. The monoisotopic (exact) mass is 393 g/mol. The summed E-state index contributed by atoms with van der Waals surface area (Å²) in [5.41, 5.74) is 3.71. The fourth-order valence-electron chi connectivity index (χ4n) is 3.42. The van der Waals surface area contributed by atoms with Crippen LogP contribution in [0.3, 0.4) is 0 Å². The van der Waals surface area contributed by atoms with Gasteiger partial charge >= 0.3 is 5.97 Å². The van der Waals surface area contributed by atoms with Gasteiger partial charge in [-0.15, -0.1) is 11.3 Å². The van der Waals surface area contributed by atoms with E-state index in [4.69, 9.17) is 9.47 Å². The van der Waals surface area contributed by atoms with Crippen LogP contribution in [0.25, 0.3) is 15.8 Å². The number of ether oxygens (including phenoxy) is 2. The van der Waals surface area contributed by atoms with Crippen molar-refractivity contribution >= 4 is 39.0 Å². The Labute approximate surface area is 166 Å². The molecule has 1 aliphatic heterocycles. The number of fused-ring (bicyclic) bond motifs is 1. The zero-order chi connectivity index (χ0) is 20.0. The summed E-state index contributed by atoms with van der Waals surface area (Å²) in [6, 6.07) is 7.33. The third-order valence-corrected chi connectivity index (χ3v) is 6.02. The number of carbonyl (C=O) groups is 1. The lowest BCUT2D eigenvalue weighted by molar-refractivity contribution is -0.129. The van der Waals surface area contributed by atoms with Gasteiger partial charge in [-0.25, -0.2) is 19.8 Å². The average Bonchev–Trinajstić information content (AvgIpc) is 3.21. The van der Waals surface area contributed by atoms with Gasteiger partial charge in [-0.3, -0.25) is 0 Å². The summed E-state index contributed by atoms with van der Waals surface area (Å²) in [5.74, 6) is 1.13. The summed E-state index contributed by atoms with van der Waals surface area (Å²) in [7, 11) is 1.57. The summed E-state index contributed by atoms with van der Waals surface area (Å²) in [4.78, 5) is 27.9.